The van der Waals surface area contributed by atoms with Crippen molar-refractivity contribution in [3.05, 3.63) is 0 Å². The molecule has 0 spiro atoms. The summed E-state index contributed by atoms with van der Waals surface area (Å²) in [6.45, 7) is 1.20. The van der Waals surface area contributed by atoms with E-state index in [1.807, 2.05) is 0 Å². The van der Waals surface area contributed by atoms with E-state index >= 15 is 0 Å². The fourth-order valence-corrected chi connectivity index (χ4v) is 3.60. The Morgan fingerprint density at radius 1 is 0.812 bits per heavy atom. The Bertz CT molecular complexity index is 255. The standard InChI is InChI=1S/C13H21NO2/c1-3-10-12(15-10)5-8(1)7-14-9-2-4-11-13(6-9)16-11/h8-14H,1-7H2. The molecule has 4 rings (SSSR count). The summed E-state index contributed by atoms with van der Waals surface area (Å²) in [5.74, 6) is 0.863. The summed E-state index contributed by atoms with van der Waals surface area (Å²) in [4.78, 5) is 0. The maximum Gasteiger partial charge on any atom is 0.0856 e. The van der Waals surface area contributed by atoms with Gasteiger partial charge in [0.2, 0.25) is 0 Å². The van der Waals surface area contributed by atoms with Crippen molar-refractivity contribution in [3.8, 4) is 0 Å². The Morgan fingerprint density at radius 2 is 1.56 bits per heavy atom. The second kappa shape index (κ2) is 3.69. The molecule has 16 heavy (non-hydrogen) atoms. The molecule has 90 valence electrons. The first kappa shape index (κ1) is 9.86. The van der Waals surface area contributed by atoms with Gasteiger partial charge >= 0.3 is 0 Å². The van der Waals surface area contributed by atoms with Gasteiger partial charge in [-0.2, -0.15) is 0 Å². The molecule has 2 heterocycles. The molecule has 0 aromatic heterocycles. The minimum absolute atomic E-state index is 0.605. The first-order valence-corrected chi connectivity index (χ1v) is 6.93. The largest absolute Gasteiger partial charge is 0.370 e. The predicted octanol–water partition coefficient (Wildman–Crippen LogP) is 1.46. The minimum Gasteiger partial charge on any atom is -0.370 e. The average molecular weight is 223 g/mol. The molecule has 4 fully saturated rings. The summed E-state index contributed by atoms with van der Waals surface area (Å²) in [7, 11) is 0. The van der Waals surface area contributed by atoms with E-state index in [2.05, 4.69) is 5.32 Å². The smallest absolute Gasteiger partial charge is 0.0856 e. The molecule has 2 aliphatic heterocycles. The highest BCUT2D eigenvalue weighted by atomic mass is 16.6. The molecule has 6 unspecified atom stereocenters. The fraction of sp³-hybridized carbons (Fsp3) is 1.00. The van der Waals surface area contributed by atoms with Crippen molar-refractivity contribution in [2.24, 2.45) is 5.92 Å². The van der Waals surface area contributed by atoms with E-state index < -0.39 is 0 Å². The van der Waals surface area contributed by atoms with Crippen LogP contribution < -0.4 is 5.32 Å². The summed E-state index contributed by atoms with van der Waals surface area (Å²) < 4.78 is 11.1. The third-order valence-electron chi connectivity index (χ3n) is 4.81. The second-order valence-corrected chi connectivity index (χ2v) is 6.02. The number of rotatable bonds is 3. The molecular formula is C13H21NO2. The predicted molar refractivity (Wildman–Crippen MR) is 60.3 cm³/mol. The van der Waals surface area contributed by atoms with E-state index in [1.54, 1.807) is 0 Å². The number of hydrogen-bond acceptors (Lipinski definition) is 3. The summed E-state index contributed by atoms with van der Waals surface area (Å²) in [6.07, 6.45) is 10.3. The molecule has 1 N–H and O–H groups in total. The highest BCUT2D eigenvalue weighted by Crippen LogP contribution is 2.40. The van der Waals surface area contributed by atoms with Crippen LogP contribution in [0.4, 0.5) is 0 Å². The van der Waals surface area contributed by atoms with Crippen molar-refractivity contribution in [1.82, 2.24) is 5.32 Å². The zero-order valence-corrected chi connectivity index (χ0v) is 9.73. The van der Waals surface area contributed by atoms with Crippen LogP contribution in [0.25, 0.3) is 0 Å². The Hall–Kier alpha value is -0.120. The molecule has 6 atom stereocenters. The van der Waals surface area contributed by atoms with Crippen molar-refractivity contribution >= 4 is 0 Å². The molecule has 3 nitrogen and oxygen atoms in total. The summed E-state index contributed by atoms with van der Waals surface area (Å²) >= 11 is 0. The molecule has 4 aliphatic rings. The zero-order chi connectivity index (χ0) is 10.5. The van der Waals surface area contributed by atoms with Gasteiger partial charge in [-0.25, -0.2) is 0 Å². The van der Waals surface area contributed by atoms with Crippen LogP contribution in [0, 0.1) is 5.92 Å². The Morgan fingerprint density at radius 3 is 2.31 bits per heavy atom. The molecule has 3 heteroatoms. The first-order valence-electron chi connectivity index (χ1n) is 6.93. The topological polar surface area (TPSA) is 37.1 Å². The summed E-state index contributed by atoms with van der Waals surface area (Å²) in [5, 5.41) is 3.75. The van der Waals surface area contributed by atoms with Crippen LogP contribution in [0.2, 0.25) is 0 Å². The van der Waals surface area contributed by atoms with Crippen LogP contribution >= 0.6 is 0 Å². The van der Waals surface area contributed by atoms with Gasteiger partial charge in [0.1, 0.15) is 0 Å². The normalized spacial score (nSPS) is 54.0. The minimum atomic E-state index is 0.605. The SMILES string of the molecule is C1CC2OC2CC1CNC1CCC2OC2C1. The molecule has 0 radical (unpaired) electrons. The second-order valence-electron chi connectivity index (χ2n) is 6.02. The van der Waals surface area contributed by atoms with E-state index in [4.69, 9.17) is 9.47 Å². The summed E-state index contributed by atoms with van der Waals surface area (Å²) in [6, 6.07) is 0.724. The van der Waals surface area contributed by atoms with Gasteiger partial charge in [0, 0.05) is 6.04 Å². The van der Waals surface area contributed by atoms with Gasteiger partial charge in [-0.15, -0.1) is 0 Å². The number of ether oxygens (including phenoxy) is 2. The van der Waals surface area contributed by atoms with Crippen LogP contribution in [0.3, 0.4) is 0 Å². The number of hydrogen-bond donors (Lipinski definition) is 1. The van der Waals surface area contributed by atoms with Crippen molar-refractivity contribution < 1.29 is 9.47 Å². The van der Waals surface area contributed by atoms with Gasteiger partial charge in [-0.3, -0.25) is 0 Å². The molecular weight excluding hydrogens is 202 g/mol. The van der Waals surface area contributed by atoms with Crippen molar-refractivity contribution in [3.63, 3.8) is 0 Å². The van der Waals surface area contributed by atoms with E-state index in [1.165, 1.54) is 45.1 Å². The fourth-order valence-electron chi connectivity index (χ4n) is 3.60. The van der Waals surface area contributed by atoms with Crippen molar-refractivity contribution in [2.75, 3.05) is 6.54 Å². The molecule has 0 bridgehead atoms. The molecule has 2 saturated heterocycles. The van der Waals surface area contributed by atoms with Gasteiger partial charge in [-0.1, -0.05) is 0 Å². The summed E-state index contributed by atoms with van der Waals surface area (Å²) in [5.41, 5.74) is 0. The van der Waals surface area contributed by atoms with Gasteiger partial charge in [0.25, 0.3) is 0 Å². The van der Waals surface area contributed by atoms with Crippen LogP contribution in [-0.4, -0.2) is 37.0 Å². The van der Waals surface area contributed by atoms with Gasteiger partial charge < -0.3 is 14.8 Å². The lowest BCUT2D eigenvalue weighted by Crippen LogP contribution is -2.37. The van der Waals surface area contributed by atoms with E-state index in [9.17, 15) is 0 Å². The molecule has 2 saturated carbocycles. The zero-order valence-electron chi connectivity index (χ0n) is 9.73. The number of fused-ring (bicyclic) bond motifs is 2. The Balaban J connectivity index is 1.22. The van der Waals surface area contributed by atoms with E-state index in [-0.39, 0.29) is 0 Å². The highest BCUT2D eigenvalue weighted by Gasteiger charge is 2.45. The lowest BCUT2D eigenvalue weighted by atomic mass is 9.88. The maximum atomic E-state index is 5.58. The third kappa shape index (κ3) is 1.89. The highest BCUT2D eigenvalue weighted by molar-refractivity contribution is 4.96. The molecule has 0 amide bonds. The lowest BCUT2D eigenvalue weighted by Gasteiger charge is -2.25. The maximum absolute atomic E-state index is 5.58. The van der Waals surface area contributed by atoms with Crippen LogP contribution in [0.1, 0.15) is 38.5 Å². The first-order chi connectivity index (χ1) is 7.88. The monoisotopic (exact) mass is 223 g/mol. The van der Waals surface area contributed by atoms with Crippen LogP contribution in [0.5, 0.6) is 0 Å². The average Bonchev–Trinajstić information content (AvgIpc) is 3.19. The quantitative estimate of drug-likeness (QED) is 0.736. The van der Waals surface area contributed by atoms with Gasteiger partial charge in [-0.05, 0) is 51.0 Å². The molecule has 0 aromatic carbocycles. The van der Waals surface area contributed by atoms with E-state index in [0.717, 1.165) is 12.0 Å². The van der Waals surface area contributed by atoms with Crippen LogP contribution in [0.15, 0.2) is 0 Å². The molecule has 0 aromatic rings. The van der Waals surface area contributed by atoms with Crippen molar-refractivity contribution in [2.45, 2.75) is 69.0 Å². The van der Waals surface area contributed by atoms with Gasteiger partial charge in [0.05, 0.1) is 24.4 Å². The third-order valence-corrected chi connectivity index (χ3v) is 4.81. The Kier molecular flexibility index (Phi) is 2.27. The number of epoxide rings is 2. The lowest BCUT2D eigenvalue weighted by molar-refractivity contribution is 0.318. The van der Waals surface area contributed by atoms with E-state index in [0.29, 0.717) is 24.4 Å². The Labute approximate surface area is 96.9 Å². The number of nitrogens with one attached hydrogen (secondary N) is 1. The van der Waals surface area contributed by atoms with Crippen LogP contribution in [-0.2, 0) is 9.47 Å². The van der Waals surface area contributed by atoms with Gasteiger partial charge in [0.15, 0.2) is 0 Å². The van der Waals surface area contributed by atoms with Crippen molar-refractivity contribution in [1.29, 1.82) is 0 Å². The molecule has 2 aliphatic carbocycles.